The smallest absolute Gasteiger partial charge is 0.286 e. The van der Waals surface area contributed by atoms with Crippen LogP contribution in [0.2, 0.25) is 5.02 Å². The van der Waals surface area contributed by atoms with Gasteiger partial charge in [0.15, 0.2) is 5.84 Å². The van der Waals surface area contributed by atoms with Crippen molar-refractivity contribution in [2.24, 2.45) is 10.1 Å². The van der Waals surface area contributed by atoms with Gasteiger partial charge in [-0.25, -0.2) is 4.99 Å². The van der Waals surface area contributed by atoms with Crippen LogP contribution in [0.25, 0.3) is 0 Å². The number of benzene rings is 1. The fourth-order valence-electron chi connectivity index (χ4n) is 2.66. The standard InChI is InChI=1S/C15H16ClN5O2/c1-15(2)8-21-13(22)11(19-23)12(17)20(14(21)18-15)7-9-3-5-10(16)6-4-9/h3-6,17,23H,7-8H2,1-2H3. The van der Waals surface area contributed by atoms with Crippen molar-refractivity contribution in [3.05, 3.63) is 34.9 Å². The van der Waals surface area contributed by atoms with Crippen LogP contribution in [0.5, 0.6) is 0 Å². The van der Waals surface area contributed by atoms with Crippen LogP contribution in [0.4, 0.5) is 0 Å². The molecule has 1 saturated heterocycles. The Morgan fingerprint density at radius 3 is 2.65 bits per heavy atom. The fourth-order valence-corrected chi connectivity index (χ4v) is 2.79. The molecule has 120 valence electrons. The minimum Gasteiger partial charge on any atom is -0.410 e. The van der Waals surface area contributed by atoms with Crippen molar-refractivity contribution in [2.45, 2.75) is 25.9 Å². The number of rotatable bonds is 2. The highest BCUT2D eigenvalue weighted by Crippen LogP contribution is 2.27. The summed E-state index contributed by atoms with van der Waals surface area (Å²) in [5.74, 6) is -0.262. The van der Waals surface area contributed by atoms with Gasteiger partial charge in [0, 0.05) is 5.02 Å². The lowest BCUT2D eigenvalue weighted by Crippen LogP contribution is -2.59. The van der Waals surface area contributed by atoms with Crippen LogP contribution < -0.4 is 0 Å². The summed E-state index contributed by atoms with van der Waals surface area (Å²) in [5, 5.41) is 20.9. The Morgan fingerprint density at radius 1 is 1.39 bits per heavy atom. The van der Waals surface area contributed by atoms with Crippen LogP contribution in [-0.2, 0) is 11.3 Å². The van der Waals surface area contributed by atoms with Gasteiger partial charge in [0.05, 0.1) is 18.6 Å². The molecule has 1 aromatic rings. The molecule has 1 amide bonds. The summed E-state index contributed by atoms with van der Waals surface area (Å²) in [7, 11) is 0. The van der Waals surface area contributed by atoms with Crippen LogP contribution in [0.3, 0.4) is 0 Å². The average Bonchev–Trinajstić information content (AvgIpc) is 2.82. The molecule has 0 bridgehead atoms. The van der Waals surface area contributed by atoms with Crippen molar-refractivity contribution in [1.29, 1.82) is 5.41 Å². The molecule has 0 saturated carbocycles. The molecule has 2 heterocycles. The molecule has 2 aliphatic heterocycles. The summed E-state index contributed by atoms with van der Waals surface area (Å²) in [4.78, 5) is 19.9. The number of carbonyl (C=O) groups is 1. The summed E-state index contributed by atoms with van der Waals surface area (Å²) in [6, 6.07) is 7.20. The Balaban J connectivity index is 2.00. The van der Waals surface area contributed by atoms with Crippen molar-refractivity contribution in [3.8, 4) is 0 Å². The van der Waals surface area contributed by atoms with Crippen LogP contribution in [0.1, 0.15) is 19.4 Å². The molecule has 0 spiro atoms. The lowest BCUT2D eigenvalue weighted by Gasteiger charge is -2.34. The van der Waals surface area contributed by atoms with Crippen molar-refractivity contribution in [1.82, 2.24) is 9.80 Å². The van der Waals surface area contributed by atoms with E-state index in [-0.39, 0.29) is 11.5 Å². The Labute approximate surface area is 138 Å². The van der Waals surface area contributed by atoms with E-state index in [4.69, 9.17) is 22.2 Å². The van der Waals surface area contributed by atoms with E-state index in [1.165, 1.54) is 4.90 Å². The molecule has 8 heteroatoms. The summed E-state index contributed by atoms with van der Waals surface area (Å²) in [6.45, 7) is 4.52. The van der Waals surface area contributed by atoms with Gasteiger partial charge in [0.1, 0.15) is 0 Å². The number of oxime groups is 1. The Bertz CT molecular complexity index is 739. The third-order valence-electron chi connectivity index (χ3n) is 3.73. The number of guanidine groups is 1. The molecule has 2 aliphatic rings. The lowest BCUT2D eigenvalue weighted by molar-refractivity contribution is -0.121. The van der Waals surface area contributed by atoms with Gasteiger partial charge in [-0.15, -0.1) is 0 Å². The van der Waals surface area contributed by atoms with Crippen LogP contribution in [0.15, 0.2) is 34.4 Å². The summed E-state index contributed by atoms with van der Waals surface area (Å²) in [5.41, 5.74) is 0.169. The largest absolute Gasteiger partial charge is 0.410 e. The minimum atomic E-state index is -0.505. The van der Waals surface area contributed by atoms with Crippen LogP contribution >= 0.6 is 11.6 Å². The van der Waals surface area contributed by atoms with Gasteiger partial charge in [0.2, 0.25) is 11.7 Å². The van der Waals surface area contributed by atoms with Crippen LogP contribution in [0, 0.1) is 5.41 Å². The number of carbonyl (C=O) groups excluding carboxylic acids is 1. The Hall–Kier alpha value is -2.41. The first-order chi connectivity index (χ1) is 10.8. The molecule has 0 atom stereocenters. The Kier molecular flexibility index (Phi) is 3.60. The number of hydrogen-bond acceptors (Lipinski definition) is 5. The summed E-state index contributed by atoms with van der Waals surface area (Å²) in [6.07, 6.45) is 0. The third-order valence-corrected chi connectivity index (χ3v) is 3.98. The van der Waals surface area contributed by atoms with E-state index in [9.17, 15) is 4.79 Å². The molecular formula is C15H16ClN5O2. The highest BCUT2D eigenvalue weighted by Gasteiger charge is 2.46. The molecule has 0 aromatic heterocycles. The number of amidine groups is 1. The molecule has 0 unspecified atom stereocenters. The van der Waals surface area contributed by atoms with Gasteiger partial charge in [-0.05, 0) is 31.5 Å². The van der Waals surface area contributed by atoms with Gasteiger partial charge in [0.25, 0.3) is 5.91 Å². The zero-order chi connectivity index (χ0) is 16.8. The minimum absolute atomic E-state index is 0.167. The van der Waals surface area contributed by atoms with Gasteiger partial charge >= 0.3 is 0 Å². The first kappa shape index (κ1) is 15.5. The first-order valence-corrected chi connectivity index (χ1v) is 7.45. The zero-order valence-corrected chi connectivity index (χ0v) is 13.5. The maximum Gasteiger partial charge on any atom is 0.286 e. The average molecular weight is 334 g/mol. The molecule has 1 fully saturated rings. The zero-order valence-electron chi connectivity index (χ0n) is 12.7. The SMILES string of the molecule is CC1(C)CN2C(=O)C(=NO)C(=N)N(Cc3ccc(Cl)cc3)C2=N1. The molecule has 7 nitrogen and oxygen atoms in total. The second kappa shape index (κ2) is 5.34. The quantitative estimate of drug-likeness (QED) is 0.640. The predicted octanol–water partition coefficient (Wildman–Crippen LogP) is 1.94. The van der Waals surface area contributed by atoms with Crippen molar-refractivity contribution in [3.63, 3.8) is 0 Å². The number of halogens is 1. The lowest BCUT2D eigenvalue weighted by atomic mass is 10.1. The number of nitrogens with one attached hydrogen (secondary N) is 1. The number of fused-ring (bicyclic) bond motifs is 1. The number of amides is 1. The summed E-state index contributed by atoms with van der Waals surface area (Å²) < 4.78 is 0. The topological polar surface area (TPSA) is 92.3 Å². The van der Waals surface area contributed by atoms with Gasteiger partial charge in [-0.3, -0.25) is 20.0 Å². The van der Waals surface area contributed by atoms with Gasteiger partial charge in [-0.1, -0.05) is 28.9 Å². The normalized spacial score (nSPS) is 21.7. The molecule has 0 radical (unpaired) electrons. The van der Waals surface area contributed by atoms with E-state index in [0.29, 0.717) is 24.1 Å². The highest BCUT2D eigenvalue weighted by molar-refractivity contribution is 6.69. The molecular weight excluding hydrogens is 318 g/mol. The summed E-state index contributed by atoms with van der Waals surface area (Å²) >= 11 is 5.89. The van der Waals surface area contributed by atoms with E-state index in [1.54, 1.807) is 17.0 Å². The van der Waals surface area contributed by atoms with Gasteiger partial charge in [-0.2, -0.15) is 0 Å². The van der Waals surface area contributed by atoms with Crippen molar-refractivity contribution >= 4 is 35.0 Å². The monoisotopic (exact) mass is 333 g/mol. The maximum atomic E-state index is 12.3. The third kappa shape index (κ3) is 2.68. The Morgan fingerprint density at radius 2 is 2.04 bits per heavy atom. The molecule has 0 aliphatic carbocycles. The van der Waals surface area contributed by atoms with Crippen molar-refractivity contribution in [2.75, 3.05) is 6.54 Å². The fraction of sp³-hybridized carbons (Fsp3) is 0.333. The first-order valence-electron chi connectivity index (χ1n) is 7.07. The van der Waals surface area contributed by atoms with E-state index in [2.05, 4.69) is 10.1 Å². The maximum absolute atomic E-state index is 12.3. The number of nitrogens with zero attached hydrogens (tertiary/aromatic N) is 4. The molecule has 2 N–H and O–H groups in total. The number of hydrogen-bond donors (Lipinski definition) is 2. The van der Waals surface area contributed by atoms with E-state index in [0.717, 1.165) is 5.56 Å². The molecule has 1 aromatic carbocycles. The second-order valence-corrected chi connectivity index (χ2v) is 6.56. The highest BCUT2D eigenvalue weighted by atomic mass is 35.5. The van der Waals surface area contributed by atoms with Gasteiger partial charge < -0.3 is 5.21 Å². The van der Waals surface area contributed by atoms with Crippen molar-refractivity contribution < 1.29 is 10.0 Å². The molecule has 3 rings (SSSR count). The molecule has 23 heavy (non-hydrogen) atoms. The van der Waals surface area contributed by atoms with E-state index >= 15 is 0 Å². The van der Waals surface area contributed by atoms with E-state index < -0.39 is 11.4 Å². The van der Waals surface area contributed by atoms with E-state index in [1.807, 2.05) is 26.0 Å². The number of aliphatic imine (C=N–C) groups is 1. The van der Waals surface area contributed by atoms with Crippen LogP contribution in [-0.4, -0.2) is 50.5 Å². The predicted molar refractivity (Wildman–Crippen MR) is 87.2 cm³/mol. The second-order valence-electron chi connectivity index (χ2n) is 6.13.